The van der Waals surface area contributed by atoms with Crippen molar-refractivity contribution in [1.82, 2.24) is 0 Å². The Morgan fingerprint density at radius 1 is 0.511 bits per heavy atom. The first-order chi connectivity index (χ1) is 22.0. The van der Waals surface area contributed by atoms with Gasteiger partial charge in [0.05, 0.1) is 17.1 Å². The summed E-state index contributed by atoms with van der Waals surface area (Å²) in [5.74, 6) is 7.09. The van der Waals surface area contributed by atoms with Crippen LogP contribution in [0.1, 0.15) is 172 Å². The topological polar surface area (TPSA) is 24.7 Å². The zero-order chi connectivity index (χ0) is 32.5. The number of rotatable bonds is 23. The molecular weight excluding hydrogens is 544 g/mol. The van der Waals surface area contributed by atoms with Crippen molar-refractivity contribution >= 4 is 22.8 Å². The lowest BCUT2D eigenvalue weighted by molar-refractivity contribution is 0.616. The van der Waals surface area contributed by atoms with Gasteiger partial charge in [0.25, 0.3) is 0 Å². The van der Waals surface area contributed by atoms with Crippen molar-refractivity contribution in [2.45, 2.75) is 176 Å². The molecule has 2 aromatic rings. The number of unbranched alkanes of at least 4 members (excludes halogenated alkanes) is 14. The summed E-state index contributed by atoms with van der Waals surface area (Å²) in [6.45, 7) is 13.4. The molecule has 0 spiro atoms. The molecule has 0 radical (unpaired) electrons. The van der Waals surface area contributed by atoms with Gasteiger partial charge >= 0.3 is 0 Å². The fourth-order valence-corrected chi connectivity index (χ4v) is 5.98. The molecule has 0 aromatic heterocycles. The van der Waals surface area contributed by atoms with E-state index < -0.39 is 0 Å². The molecule has 0 unspecified atom stereocenters. The summed E-state index contributed by atoms with van der Waals surface area (Å²) in [5, 5.41) is 0. The lowest BCUT2D eigenvalue weighted by atomic mass is 9.99. The zero-order valence-electron chi connectivity index (χ0n) is 30.2. The van der Waals surface area contributed by atoms with E-state index in [9.17, 15) is 0 Å². The van der Waals surface area contributed by atoms with Crippen LogP contribution in [0.15, 0.2) is 46.4 Å². The highest BCUT2D eigenvalue weighted by atomic mass is 14.8. The molecule has 2 aromatic carbocycles. The maximum Gasteiger partial charge on any atom is 0.135 e. The van der Waals surface area contributed by atoms with Crippen LogP contribution in [0.3, 0.4) is 0 Å². The molecule has 2 rings (SSSR count). The molecule has 0 heterocycles. The summed E-state index contributed by atoms with van der Waals surface area (Å²) in [5.41, 5.74) is 9.35. The molecule has 2 nitrogen and oxygen atoms in total. The van der Waals surface area contributed by atoms with Crippen LogP contribution in [-0.4, -0.2) is 11.4 Å². The molecule has 0 N–H and O–H groups in total. The molecule has 0 saturated carbocycles. The molecule has 0 aliphatic carbocycles. The Balaban J connectivity index is 2.53. The Bertz CT molecular complexity index is 1160. The first-order valence-electron chi connectivity index (χ1n) is 18.9. The largest absolute Gasteiger partial charge is 0.250 e. The van der Waals surface area contributed by atoms with Gasteiger partial charge in [0.15, 0.2) is 0 Å². The van der Waals surface area contributed by atoms with Crippen LogP contribution < -0.4 is 0 Å². The van der Waals surface area contributed by atoms with Crippen molar-refractivity contribution in [2.24, 2.45) is 9.98 Å². The molecule has 0 aliphatic rings. The average Bonchev–Trinajstić information content (AvgIpc) is 3.01. The summed E-state index contributed by atoms with van der Waals surface area (Å²) in [7, 11) is 0. The van der Waals surface area contributed by atoms with Gasteiger partial charge in [-0.05, 0) is 111 Å². The molecule has 0 bridgehead atoms. The summed E-state index contributed by atoms with van der Waals surface area (Å²) in [6, 6.07) is 13.7. The molecular formula is C43H66N2. The highest BCUT2D eigenvalue weighted by Gasteiger charge is 2.11. The third-order valence-corrected chi connectivity index (χ3v) is 8.54. The third-order valence-electron chi connectivity index (χ3n) is 8.54. The Morgan fingerprint density at radius 2 is 1.00 bits per heavy atom. The van der Waals surface area contributed by atoms with Crippen LogP contribution in [0.5, 0.6) is 0 Å². The highest BCUT2D eigenvalue weighted by molar-refractivity contribution is 6.49. The number of nitrogens with zero attached hydrogens (tertiary/aromatic N) is 2. The monoisotopic (exact) mass is 611 g/mol. The van der Waals surface area contributed by atoms with E-state index in [4.69, 9.17) is 9.98 Å². The maximum atomic E-state index is 5.43. The molecule has 0 fully saturated rings. The highest BCUT2D eigenvalue weighted by Crippen LogP contribution is 2.24. The molecule has 0 amide bonds. The smallest absolute Gasteiger partial charge is 0.135 e. The van der Waals surface area contributed by atoms with Crippen LogP contribution in [0.2, 0.25) is 0 Å². The van der Waals surface area contributed by atoms with Gasteiger partial charge in [0.2, 0.25) is 0 Å². The number of hydrogen-bond acceptors (Lipinski definition) is 2. The van der Waals surface area contributed by atoms with Crippen LogP contribution in [0, 0.1) is 25.7 Å². The number of aliphatic imine (C=N–C) groups is 2. The van der Waals surface area contributed by atoms with Gasteiger partial charge in [-0.2, -0.15) is 0 Å². The van der Waals surface area contributed by atoms with Crippen molar-refractivity contribution in [3.05, 3.63) is 58.7 Å². The number of hydrogen-bond donors (Lipinski definition) is 0. The first-order valence-corrected chi connectivity index (χ1v) is 18.9. The zero-order valence-corrected chi connectivity index (χ0v) is 30.2. The minimum absolute atomic E-state index is 0.867. The SMILES string of the molecule is CCCCCCCC#CC(=Nc1cc(C)cc(C)c1)C(CCCCCCCC)=Nc1cc(CCCCC)cc(CCCCC)c1. The standard InChI is InChI=1S/C43H66N2/c1-7-11-15-17-19-21-25-28-42(44-40-31-36(5)30-37(6)32-40)43(29-24-20-18-16-12-8-2)45-41-34-38(26-22-13-9-3)33-39(35-41)27-23-14-10-4/h30-35H,7-24,26-27,29H2,1-6H3. The minimum Gasteiger partial charge on any atom is -0.250 e. The van der Waals surface area contributed by atoms with Gasteiger partial charge in [0, 0.05) is 6.42 Å². The summed E-state index contributed by atoms with van der Waals surface area (Å²) >= 11 is 0. The summed E-state index contributed by atoms with van der Waals surface area (Å²) in [4.78, 5) is 10.7. The van der Waals surface area contributed by atoms with Gasteiger partial charge in [-0.3, -0.25) is 4.99 Å². The fourth-order valence-electron chi connectivity index (χ4n) is 5.98. The van der Waals surface area contributed by atoms with Crippen molar-refractivity contribution in [2.75, 3.05) is 0 Å². The predicted molar refractivity (Wildman–Crippen MR) is 202 cm³/mol. The van der Waals surface area contributed by atoms with Gasteiger partial charge in [0.1, 0.15) is 5.71 Å². The normalized spacial score (nSPS) is 12.0. The minimum atomic E-state index is 0.867. The van der Waals surface area contributed by atoms with Crippen LogP contribution >= 0.6 is 0 Å². The van der Waals surface area contributed by atoms with Crippen LogP contribution in [-0.2, 0) is 12.8 Å². The van der Waals surface area contributed by atoms with Gasteiger partial charge < -0.3 is 0 Å². The summed E-state index contributed by atoms with van der Waals surface area (Å²) < 4.78 is 0. The molecule has 45 heavy (non-hydrogen) atoms. The fraction of sp³-hybridized carbons (Fsp3) is 0.628. The van der Waals surface area contributed by atoms with E-state index in [0.717, 1.165) is 61.3 Å². The van der Waals surface area contributed by atoms with Crippen molar-refractivity contribution in [3.8, 4) is 11.8 Å². The summed E-state index contributed by atoms with van der Waals surface area (Å²) in [6.07, 6.45) is 25.6. The lowest BCUT2D eigenvalue weighted by Gasteiger charge is -2.11. The van der Waals surface area contributed by atoms with Crippen LogP contribution in [0.4, 0.5) is 11.4 Å². The van der Waals surface area contributed by atoms with Gasteiger partial charge in [-0.1, -0.05) is 129 Å². The predicted octanol–water partition coefficient (Wildman–Crippen LogP) is 13.7. The first kappa shape index (κ1) is 38.5. The molecule has 0 atom stereocenters. The van der Waals surface area contributed by atoms with E-state index in [1.54, 1.807) is 0 Å². The van der Waals surface area contributed by atoms with E-state index in [1.807, 2.05) is 0 Å². The average molecular weight is 611 g/mol. The van der Waals surface area contributed by atoms with E-state index in [2.05, 4.69) is 89.8 Å². The van der Waals surface area contributed by atoms with Gasteiger partial charge in [-0.25, -0.2) is 4.99 Å². The Kier molecular flexibility index (Phi) is 21.0. The van der Waals surface area contributed by atoms with Crippen molar-refractivity contribution < 1.29 is 0 Å². The van der Waals surface area contributed by atoms with E-state index in [1.165, 1.54) is 119 Å². The molecule has 2 heteroatoms. The molecule has 248 valence electrons. The lowest BCUT2D eigenvalue weighted by Crippen LogP contribution is -2.12. The second-order valence-corrected chi connectivity index (χ2v) is 13.3. The van der Waals surface area contributed by atoms with Crippen molar-refractivity contribution in [1.29, 1.82) is 0 Å². The van der Waals surface area contributed by atoms with Gasteiger partial charge in [-0.15, -0.1) is 0 Å². The molecule has 0 aliphatic heterocycles. The Morgan fingerprint density at radius 3 is 1.58 bits per heavy atom. The van der Waals surface area contributed by atoms with E-state index in [-0.39, 0.29) is 0 Å². The quantitative estimate of drug-likeness (QED) is 0.0679. The second-order valence-electron chi connectivity index (χ2n) is 13.3. The Hall–Kier alpha value is -2.66. The maximum absolute atomic E-state index is 5.43. The second kappa shape index (κ2) is 24.6. The van der Waals surface area contributed by atoms with E-state index >= 15 is 0 Å². The number of benzene rings is 2. The number of aryl methyl sites for hydroxylation is 4. The van der Waals surface area contributed by atoms with E-state index in [0.29, 0.717) is 0 Å². The Labute approximate surface area is 279 Å². The third kappa shape index (κ3) is 17.6. The molecule has 0 saturated heterocycles. The van der Waals surface area contributed by atoms with Crippen molar-refractivity contribution in [3.63, 3.8) is 0 Å². The van der Waals surface area contributed by atoms with Crippen LogP contribution in [0.25, 0.3) is 0 Å².